The van der Waals surface area contributed by atoms with Gasteiger partial charge in [-0.25, -0.2) is 4.79 Å². The summed E-state index contributed by atoms with van der Waals surface area (Å²) in [6.07, 6.45) is -0.533. The van der Waals surface area contributed by atoms with Gasteiger partial charge in [0.2, 0.25) is 0 Å². The standard InChI is InChI=1S/C22H25NO4S/c1-22(2,20(25)28-12-11-24)14-23-21(26)27-13-19-17-9-5-3-7-15(17)16-8-4-6-10-18(16)19/h3-10,19,24H,11-14H2,1-2H3,(H,23,26). The lowest BCUT2D eigenvalue weighted by molar-refractivity contribution is -0.117. The van der Waals surface area contributed by atoms with Crippen molar-refractivity contribution < 1.29 is 19.4 Å². The van der Waals surface area contributed by atoms with E-state index in [1.165, 1.54) is 11.1 Å². The summed E-state index contributed by atoms with van der Waals surface area (Å²) in [5.41, 5.74) is 3.95. The SMILES string of the molecule is CC(C)(CNC(=O)OCC1c2ccccc2-c2ccccc21)C(=O)SCCO. The highest BCUT2D eigenvalue weighted by Crippen LogP contribution is 2.44. The molecule has 0 spiro atoms. The monoisotopic (exact) mass is 399 g/mol. The van der Waals surface area contributed by atoms with Gasteiger partial charge in [0.1, 0.15) is 6.61 Å². The number of hydrogen-bond donors (Lipinski definition) is 2. The number of ether oxygens (including phenoxy) is 1. The van der Waals surface area contributed by atoms with Gasteiger partial charge in [-0.1, -0.05) is 74.1 Å². The molecule has 3 rings (SSSR count). The van der Waals surface area contributed by atoms with Gasteiger partial charge in [0, 0.05) is 18.2 Å². The normalized spacial score (nSPS) is 13.0. The molecule has 28 heavy (non-hydrogen) atoms. The van der Waals surface area contributed by atoms with Crippen molar-refractivity contribution >= 4 is 23.0 Å². The van der Waals surface area contributed by atoms with E-state index in [1.54, 1.807) is 13.8 Å². The summed E-state index contributed by atoms with van der Waals surface area (Å²) in [5.74, 6) is 0.362. The Kier molecular flexibility index (Phi) is 6.42. The number of carbonyl (C=O) groups is 2. The summed E-state index contributed by atoms with van der Waals surface area (Å²) in [6, 6.07) is 16.3. The summed E-state index contributed by atoms with van der Waals surface area (Å²) >= 11 is 1.07. The predicted molar refractivity (Wildman–Crippen MR) is 111 cm³/mol. The van der Waals surface area contributed by atoms with Gasteiger partial charge < -0.3 is 15.2 Å². The first-order chi connectivity index (χ1) is 13.4. The van der Waals surface area contributed by atoms with Crippen LogP contribution in [0.1, 0.15) is 30.9 Å². The fourth-order valence-corrected chi connectivity index (χ4v) is 4.09. The summed E-state index contributed by atoms with van der Waals surface area (Å²) in [5, 5.41) is 11.5. The minimum atomic E-state index is -0.731. The fraction of sp³-hybridized carbons (Fsp3) is 0.364. The minimum Gasteiger partial charge on any atom is -0.449 e. The molecule has 0 bridgehead atoms. The number of alkyl carbamates (subject to hydrolysis) is 1. The van der Waals surface area contributed by atoms with Crippen LogP contribution < -0.4 is 5.32 Å². The number of fused-ring (bicyclic) bond motifs is 3. The molecule has 0 saturated carbocycles. The van der Waals surface area contributed by atoms with Gasteiger partial charge in [-0.3, -0.25) is 4.79 Å². The van der Waals surface area contributed by atoms with Gasteiger partial charge >= 0.3 is 6.09 Å². The Bertz CT molecular complexity index is 820. The zero-order valence-corrected chi connectivity index (χ0v) is 16.9. The van der Waals surface area contributed by atoms with E-state index < -0.39 is 11.5 Å². The van der Waals surface area contributed by atoms with Crippen LogP contribution in [0.25, 0.3) is 11.1 Å². The van der Waals surface area contributed by atoms with E-state index in [2.05, 4.69) is 29.6 Å². The van der Waals surface area contributed by atoms with E-state index >= 15 is 0 Å². The third-order valence-electron chi connectivity index (χ3n) is 4.90. The topological polar surface area (TPSA) is 75.6 Å². The van der Waals surface area contributed by atoms with Crippen molar-refractivity contribution in [3.05, 3.63) is 59.7 Å². The first-order valence-electron chi connectivity index (χ1n) is 9.31. The van der Waals surface area contributed by atoms with Gasteiger partial charge in [0.25, 0.3) is 0 Å². The van der Waals surface area contributed by atoms with Crippen LogP contribution in [0.2, 0.25) is 0 Å². The summed E-state index contributed by atoms with van der Waals surface area (Å²) in [6.45, 7) is 3.91. The van der Waals surface area contributed by atoms with Crippen molar-refractivity contribution in [2.24, 2.45) is 5.41 Å². The number of aliphatic hydroxyl groups excluding tert-OH is 1. The number of rotatable bonds is 7. The van der Waals surface area contributed by atoms with Gasteiger partial charge in [0.05, 0.1) is 12.0 Å². The smallest absolute Gasteiger partial charge is 0.407 e. The molecule has 1 aliphatic rings. The molecule has 6 heteroatoms. The third-order valence-corrected chi connectivity index (χ3v) is 6.10. The van der Waals surface area contributed by atoms with Crippen molar-refractivity contribution in [2.45, 2.75) is 19.8 Å². The Morgan fingerprint density at radius 2 is 1.64 bits per heavy atom. The molecule has 0 fully saturated rings. The molecule has 0 unspecified atom stereocenters. The average molecular weight is 400 g/mol. The molecule has 2 aromatic carbocycles. The zero-order chi connectivity index (χ0) is 20.1. The molecule has 0 heterocycles. The fourth-order valence-electron chi connectivity index (χ4n) is 3.35. The van der Waals surface area contributed by atoms with Gasteiger partial charge in [-0.05, 0) is 22.3 Å². The number of benzene rings is 2. The first-order valence-corrected chi connectivity index (χ1v) is 10.3. The van der Waals surface area contributed by atoms with E-state index in [0.717, 1.165) is 22.9 Å². The van der Waals surface area contributed by atoms with Crippen LogP contribution in [0.15, 0.2) is 48.5 Å². The van der Waals surface area contributed by atoms with Crippen LogP contribution in [0.5, 0.6) is 0 Å². The Hall–Kier alpha value is -2.31. The minimum absolute atomic E-state index is 0.00732. The van der Waals surface area contributed by atoms with Crippen molar-refractivity contribution in [3.63, 3.8) is 0 Å². The number of nitrogens with one attached hydrogen (secondary N) is 1. The van der Waals surface area contributed by atoms with Crippen LogP contribution in [-0.4, -0.2) is 41.8 Å². The largest absolute Gasteiger partial charge is 0.449 e. The van der Waals surface area contributed by atoms with Crippen LogP contribution in [0.3, 0.4) is 0 Å². The van der Waals surface area contributed by atoms with E-state index in [9.17, 15) is 9.59 Å². The molecule has 5 nitrogen and oxygen atoms in total. The summed E-state index contributed by atoms with van der Waals surface area (Å²) < 4.78 is 5.49. The molecule has 2 aromatic rings. The number of carbonyl (C=O) groups excluding carboxylic acids is 2. The van der Waals surface area contributed by atoms with Crippen molar-refractivity contribution in [2.75, 3.05) is 25.5 Å². The number of hydrogen-bond acceptors (Lipinski definition) is 5. The molecule has 2 N–H and O–H groups in total. The molecule has 0 radical (unpaired) electrons. The second-order valence-corrected chi connectivity index (χ2v) is 8.49. The molecule has 0 atom stereocenters. The molecule has 148 valence electrons. The first kappa shape index (κ1) is 20.4. The van der Waals surface area contributed by atoms with E-state index in [4.69, 9.17) is 9.84 Å². The average Bonchev–Trinajstić information content (AvgIpc) is 3.03. The Balaban J connectivity index is 1.59. The van der Waals surface area contributed by atoms with Crippen LogP contribution in [-0.2, 0) is 9.53 Å². The maximum atomic E-state index is 12.2. The lowest BCUT2D eigenvalue weighted by Crippen LogP contribution is -2.38. The Morgan fingerprint density at radius 3 is 2.21 bits per heavy atom. The lowest BCUT2D eigenvalue weighted by atomic mass is 9.96. The third kappa shape index (κ3) is 4.39. The highest BCUT2D eigenvalue weighted by Gasteiger charge is 2.30. The highest BCUT2D eigenvalue weighted by atomic mass is 32.2. The summed E-state index contributed by atoms with van der Waals surface area (Å²) in [7, 11) is 0. The van der Waals surface area contributed by atoms with Crippen LogP contribution in [0.4, 0.5) is 4.79 Å². The number of aliphatic hydroxyl groups is 1. The molecular weight excluding hydrogens is 374 g/mol. The van der Waals surface area contributed by atoms with Crippen molar-refractivity contribution in [1.82, 2.24) is 5.32 Å². The molecule has 0 aliphatic heterocycles. The zero-order valence-electron chi connectivity index (χ0n) is 16.1. The highest BCUT2D eigenvalue weighted by molar-refractivity contribution is 8.13. The Morgan fingerprint density at radius 1 is 1.07 bits per heavy atom. The van der Waals surface area contributed by atoms with E-state index in [1.807, 2.05) is 24.3 Å². The maximum Gasteiger partial charge on any atom is 0.407 e. The van der Waals surface area contributed by atoms with Crippen LogP contribution in [0, 0.1) is 5.41 Å². The lowest BCUT2D eigenvalue weighted by Gasteiger charge is -2.23. The van der Waals surface area contributed by atoms with Gasteiger partial charge in [-0.15, -0.1) is 0 Å². The second kappa shape index (κ2) is 8.80. The van der Waals surface area contributed by atoms with E-state index in [-0.39, 0.29) is 30.8 Å². The quantitative estimate of drug-likeness (QED) is 0.741. The maximum absolute atomic E-state index is 12.2. The molecular formula is C22H25NO4S. The number of amides is 1. The van der Waals surface area contributed by atoms with Gasteiger partial charge in [0.15, 0.2) is 5.12 Å². The molecule has 0 aromatic heterocycles. The molecule has 1 amide bonds. The van der Waals surface area contributed by atoms with Crippen LogP contribution >= 0.6 is 11.8 Å². The van der Waals surface area contributed by atoms with Crippen molar-refractivity contribution in [3.8, 4) is 11.1 Å². The second-order valence-electron chi connectivity index (χ2n) is 7.42. The summed E-state index contributed by atoms with van der Waals surface area (Å²) in [4.78, 5) is 24.4. The Labute approximate surface area is 169 Å². The van der Waals surface area contributed by atoms with E-state index in [0.29, 0.717) is 5.75 Å². The van der Waals surface area contributed by atoms with Gasteiger partial charge in [-0.2, -0.15) is 0 Å². The van der Waals surface area contributed by atoms with Crippen molar-refractivity contribution in [1.29, 1.82) is 0 Å². The molecule has 1 aliphatic carbocycles. The molecule has 0 saturated heterocycles. The predicted octanol–water partition coefficient (Wildman–Crippen LogP) is 3.80. The number of thioether (sulfide) groups is 1.